The van der Waals surface area contributed by atoms with Crippen molar-refractivity contribution in [2.75, 3.05) is 6.54 Å². The highest BCUT2D eigenvalue weighted by Crippen LogP contribution is 2.14. The molecule has 3 nitrogen and oxygen atoms in total. The van der Waals surface area contributed by atoms with Crippen LogP contribution < -0.4 is 11.1 Å². The number of carbonyl (C=O) groups excluding carboxylic acids is 1. The standard InChI is InChI=1S/C15H23FN2O/c1-11(9-10-17)3-8-15(19)18-12(2)13-4-6-14(16)7-5-13/h4-7,11-12H,3,8-10,17H2,1-2H3,(H,18,19). The molecule has 0 heterocycles. The molecule has 2 atom stereocenters. The van der Waals surface area contributed by atoms with Gasteiger partial charge < -0.3 is 11.1 Å². The lowest BCUT2D eigenvalue weighted by Crippen LogP contribution is -2.26. The minimum atomic E-state index is -0.266. The topological polar surface area (TPSA) is 55.1 Å². The van der Waals surface area contributed by atoms with Crippen LogP contribution >= 0.6 is 0 Å². The number of halogens is 1. The Kier molecular flexibility index (Phi) is 6.50. The van der Waals surface area contributed by atoms with Gasteiger partial charge in [0.05, 0.1) is 6.04 Å². The summed E-state index contributed by atoms with van der Waals surface area (Å²) in [5.41, 5.74) is 6.38. The van der Waals surface area contributed by atoms with Gasteiger partial charge in [-0.15, -0.1) is 0 Å². The first kappa shape index (κ1) is 15.6. The predicted octanol–water partition coefficient (Wildman–Crippen LogP) is 2.77. The van der Waals surface area contributed by atoms with Crippen molar-refractivity contribution in [3.8, 4) is 0 Å². The molecule has 0 saturated heterocycles. The molecule has 0 saturated carbocycles. The Bertz CT molecular complexity index is 392. The van der Waals surface area contributed by atoms with E-state index in [2.05, 4.69) is 12.2 Å². The van der Waals surface area contributed by atoms with Crippen molar-refractivity contribution in [1.29, 1.82) is 0 Å². The van der Waals surface area contributed by atoms with E-state index in [9.17, 15) is 9.18 Å². The van der Waals surface area contributed by atoms with Gasteiger partial charge in [-0.05, 0) is 49.9 Å². The number of rotatable bonds is 7. The zero-order chi connectivity index (χ0) is 14.3. The highest BCUT2D eigenvalue weighted by Gasteiger charge is 2.11. The van der Waals surface area contributed by atoms with E-state index < -0.39 is 0 Å². The van der Waals surface area contributed by atoms with Crippen LogP contribution in [0.4, 0.5) is 4.39 Å². The van der Waals surface area contributed by atoms with E-state index in [1.54, 1.807) is 12.1 Å². The van der Waals surface area contributed by atoms with Crippen LogP contribution in [0.3, 0.4) is 0 Å². The Hall–Kier alpha value is -1.42. The second-order valence-corrected chi connectivity index (χ2v) is 5.06. The molecular weight excluding hydrogens is 243 g/mol. The Balaban J connectivity index is 2.37. The van der Waals surface area contributed by atoms with Gasteiger partial charge in [-0.2, -0.15) is 0 Å². The van der Waals surface area contributed by atoms with Gasteiger partial charge in [-0.1, -0.05) is 19.1 Å². The lowest BCUT2D eigenvalue weighted by molar-refractivity contribution is -0.122. The number of benzene rings is 1. The maximum atomic E-state index is 12.8. The van der Waals surface area contributed by atoms with Crippen LogP contribution in [-0.4, -0.2) is 12.5 Å². The molecule has 0 radical (unpaired) electrons. The second kappa shape index (κ2) is 7.89. The summed E-state index contributed by atoms with van der Waals surface area (Å²) in [7, 11) is 0. The first-order chi connectivity index (χ1) is 9.02. The smallest absolute Gasteiger partial charge is 0.220 e. The Morgan fingerprint density at radius 1 is 1.26 bits per heavy atom. The maximum Gasteiger partial charge on any atom is 0.220 e. The summed E-state index contributed by atoms with van der Waals surface area (Å²) in [4.78, 5) is 11.8. The van der Waals surface area contributed by atoms with Gasteiger partial charge in [0.2, 0.25) is 5.91 Å². The molecule has 19 heavy (non-hydrogen) atoms. The third-order valence-electron chi connectivity index (χ3n) is 3.27. The van der Waals surface area contributed by atoms with E-state index >= 15 is 0 Å². The van der Waals surface area contributed by atoms with Crippen LogP contribution in [0.2, 0.25) is 0 Å². The molecule has 106 valence electrons. The molecule has 0 spiro atoms. The van der Waals surface area contributed by atoms with Crippen molar-refractivity contribution in [3.05, 3.63) is 35.6 Å². The lowest BCUT2D eigenvalue weighted by Gasteiger charge is -2.15. The third kappa shape index (κ3) is 5.83. The largest absolute Gasteiger partial charge is 0.350 e. The van der Waals surface area contributed by atoms with Crippen molar-refractivity contribution in [3.63, 3.8) is 0 Å². The number of nitrogens with one attached hydrogen (secondary N) is 1. The second-order valence-electron chi connectivity index (χ2n) is 5.06. The molecule has 0 fully saturated rings. The van der Waals surface area contributed by atoms with Crippen molar-refractivity contribution in [1.82, 2.24) is 5.32 Å². The summed E-state index contributed by atoms with van der Waals surface area (Å²) in [6, 6.07) is 6.09. The van der Waals surface area contributed by atoms with E-state index in [1.165, 1.54) is 12.1 Å². The van der Waals surface area contributed by atoms with Gasteiger partial charge in [0, 0.05) is 6.42 Å². The van der Waals surface area contributed by atoms with Gasteiger partial charge in [0.25, 0.3) is 0 Å². The summed E-state index contributed by atoms with van der Waals surface area (Å²) < 4.78 is 12.8. The van der Waals surface area contributed by atoms with Crippen LogP contribution in [0.15, 0.2) is 24.3 Å². The van der Waals surface area contributed by atoms with Gasteiger partial charge in [-0.25, -0.2) is 4.39 Å². The molecule has 0 aliphatic heterocycles. The van der Waals surface area contributed by atoms with E-state index in [0.29, 0.717) is 18.9 Å². The highest BCUT2D eigenvalue weighted by atomic mass is 19.1. The molecule has 1 aromatic carbocycles. The Morgan fingerprint density at radius 3 is 2.47 bits per heavy atom. The molecule has 0 aromatic heterocycles. The van der Waals surface area contributed by atoms with Gasteiger partial charge in [0.1, 0.15) is 5.82 Å². The van der Waals surface area contributed by atoms with Crippen LogP contribution in [0, 0.1) is 11.7 Å². The first-order valence-electron chi connectivity index (χ1n) is 6.77. The zero-order valence-corrected chi connectivity index (χ0v) is 11.7. The molecule has 1 aromatic rings. The molecule has 4 heteroatoms. The van der Waals surface area contributed by atoms with Crippen LogP contribution in [0.25, 0.3) is 0 Å². The fourth-order valence-corrected chi connectivity index (χ4v) is 1.95. The molecule has 2 unspecified atom stereocenters. The molecule has 1 amide bonds. The molecule has 0 aliphatic rings. The summed E-state index contributed by atoms with van der Waals surface area (Å²) in [5, 5.41) is 2.92. The quantitative estimate of drug-likeness (QED) is 0.797. The number of nitrogens with two attached hydrogens (primary N) is 1. The average Bonchev–Trinajstić information content (AvgIpc) is 2.37. The minimum absolute atomic E-state index is 0.0284. The number of hydrogen-bond acceptors (Lipinski definition) is 2. The van der Waals surface area contributed by atoms with Crippen LogP contribution in [-0.2, 0) is 4.79 Å². The molecule has 0 bridgehead atoms. The summed E-state index contributed by atoms with van der Waals surface area (Å²) in [6.45, 7) is 4.66. The van der Waals surface area contributed by atoms with E-state index in [1.807, 2.05) is 6.92 Å². The summed E-state index contributed by atoms with van der Waals surface area (Å²) in [6.07, 6.45) is 2.30. The zero-order valence-electron chi connectivity index (χ0n) is 11.7. The van der Waals surface area contributed by atoms with Gasteiger partial charge in [-0.3, -0.25) is 4.79 Å². The SMILES string of the molecule is CC(CCN)CCC(=O)NC(C)c1ccc(F)cc1. The Morgan fingerprint density at radius 2 is 1.89 bits per heavy atom. The fourth-order valence-electron chi connectivity index (χ4n) is 1.95. The van der Waals surface area contributed by atoms with Crippen molar-refractivity contribution < 1.29 is 9.18 Å². The van der Waals surface area contributed by atoms with Gasteiger partial charge in [0.15, 0.2) is 0 Å². The normalized spacial score (nSPS) is 13.9. The predicted molar refractivity (Wildman–Crippen MR) is 75.0 cm³/mol. The molecular formula is C15H23FN2O. The number of hydrogen-bond donors (Lipinski definition) is 2. The first-order valence-corrected chi connectivity index (χ1v) is 6.77. The van der Waals surface area contributed by atoms with Crippen LogP contribution in [0.1, 0.15) is 44.7 Å². The minimum Gasteiger partial charge on any atom is -0.350 e. The molecule has 3 N–H and O–H groups in total. The average molecular weight is 266 g/mol. The summed E-state index contributed by atoms with van der Waals surface area (Å²) >= 11 is 0. The number of carbonyl (C=O) groups is 1. The van der Waals surface area contributed by atoms with E-state index in [4.69, 9.17) is 5.73 Å². The monoisotopic (exact) mass is 266 g/mol. The van der Waals surface area contributed by atoms with Crippen molar-refractivity contribution in [2.45, 2.75) is 39.2 Å². The number of amides is 1. The van der Waals surface area contributed by atoms with Crippen LogP contribution in [0.5, 0.6) is 0 Å². The van der Waals surface area contributed by atoms with Gasteiger partial charge >= 0.3 is 0 Å². The highest BCUT2D eigenvalue weighted by molar-refractivity contribution is 5.76. The molecule has 1 rings (SSSR count). The maximum absolute atomic E-state index is 12.8. The Labute approximate surface area is 114 Å². The summed E-state index contributed by atoms with van der Waals surface area (Å²) in [5.74, 6) is 0.232. The fraction of sp³-hybridized carbons (Fsp3) is 0.533. The molecule has 0 aliphatic carbocycles. The van der Waals surface area contributed by atoms with E-state index in [0.717, 1.165) is 18.4 Å². The van der Waals surface area contributed by atoms with Crippen molar-refractivity contribution >= 4 is 5.91 Å². The third-order valence-corrected chi connectivity index (χ3v) is 3.27. The van der Waals surface area contributed by atoms with E-state index in [-0.39, 0.29) is 17.8 Å². The van der Waals surface area contributed by atoms with Crippen molar-refractivity contribution in [2.24, 2.45) is 11.7 Å². The lowest BCUT2D eigenvalue weighted by atomic mass is 10.0.